The van der Waals surface area contributed by atoms with E-state index in [-0.39, 0.29) is 23.9 Å². The van der Waals surface area contributed by atoms with Crippen LogP contribution in [0.4, 0.5) is 0 Å². The first-order chi connectivity index (χ1) is 17.4. The van der Waals surface area contributed by atoms with Gasteiger partial charge in [0, 0.05) is 19.4 Å². The molecule has 0 radical (unpaired) electrons. The zero-order valence-electron chi connectivity index (χ0n) is 21.8. The number of hydrogen-bond acceptors (Lipinski definition) is 6. The predicted molar refractivity (Wildman–Crippen MR) is 142 cm³/mol. The van der Waals surface area contributed by atoms with Crippen LogP contribution < -0.4 is 10.1 Å². The van der Waals surface area contributed by atoms with Crippen LogP contribution in [0.1, 0.15) is 76.3 Å². The first-order valence-corrected chi connectivity index (χ1v) is 13.5. The molecule has 0 saturated carbocycles. The number of unbranched alkanes of at least 4 members (excludes halogenated alkanes) is 2. The normalized spacial score (nSPS) is 19.4. The molecule has 0 amide bonds. The van der Waals surface area contributed by atoms with Crippen LogP contribution in [0.3, 0.4) is 0 Å². The first-order valence-electron chi connectivity index (χ1n) is 13.5. The average Bonchev–Trinajstić information content (AvgIpc) is 2.85. The number of aliphatic hydroxyl groups is 1. The Balaban J connectivity index is 1.55. The van der Waals surface area contributed by atoms with Crippen LogP contribution in [0.2, 0.25) is 0 Å². The molecule has 6 nitrogen and oxygen atoms in total. The van der Waals surface area contributed by atoms with Crippen molar-refractivity contribution < 1.29 is 24.5 Å². The van der Waals surface area contributed by atoms with E-state index in [1.807, 2.05) is 18.2 Å². The van der Waals surface area contributed by atoms with Crippen molar-refractivity contribution >= 4 is 5.97 Å². The molecule has 0 spiro atoms. The summed E-state index contributed by atoms with van der Waals surface area (Å²) in [7, 11) is 0. The molecule has 0 bridgehead atoms. The van der Waals surface area contributed by atoms with Crippen LogP contribution in [-0.4, -0.2) is 47.1 Å². The molecule has 1 saturated heterocycles. The molecule has 1 heterocycles. The van der Waals surface area contributed by atoms with Crippen LogP contribution in [-0.2, 0) is 22.4 Å². The maximum atomic E-state index is 11.6. The molecule has 0 aromatic heterocycles. The molecule has 36 heavy (non-hydrogen) atoms. The molecule has 3 rings (SSSR count). The van der Waals surface area contributed by atoms with Gasteiger partial charge in [-0.15, -0.1) is 0 Å². The van der Waals surface area contributed by atoms with E-state index in [2.05, 4.69) is 36.5 Å². The maximum absolute atomic E-state index is 11.6. The van der Waals surface area contributed by atoms with E-state index in [1.54, 1.807) is 6.07 Å². The van der Waals surface area contributed by atoms with Crippen LogP contribution in [0.5, 0.6) is 11.5 Å². The number of aryl methyl sites for hydroxylation is 1. The number of nitrogens with one attached hydrogen (secondary N) is 1. The number of esters is 1. The highest BCUT2D eigenvalue weighted by Gasteiger charge is 2.24. The average molecular weight is 498 g/mol. The second-order valence-corrected chi connectivity index (χ2v) is 10.1. The zero-order chi connectivity index (χ0) is 25.8. The Labute approximate surface area is 216 Å². The van der Waals surface area contributed by atoms with Crippen molar-refractivity contribution in [1.29, 1.82) is 0 Å². The van der Waals surface area contributed by atoms with E-state index in [0.29, 0.717) is 31.1 Å². The predicted octanol–water partition coefficient (Wildman–Crippen LogP) is 5.33. The minimum atomic E-state index is -0.469. The lowest BCUT2D eigenvalue weighted by molar-refractivity contribution is -0.148. The van der Waals surface area contributed by atoms with E-state index in [4.69, 9.17) is 9.47 Å². The first kappa shape index (κ1) is 28.0. The number of aliphatic hydroxyl groups excluding tert-OH is 1. The number of ether oxygens (including phenoxy) is 2. The molecule has 1 aliphatic heterocycles. The summed E-state index contributed by atoms with van der Waals surface area (Å²) in [6, 6.07) is 16.2. The van der Waals surface area contributed by atoms with Crippen LogP contribution in [0.15, 0.2) is 48.5 Å². The van der Waals surface area contributed by atoms with Gasteiger partial charge in [0.05, 0.1) is 6.10 Å². The molecule has 4 atom stereocenters. The third-order valence-electron chi connectivity index (χ3n) is 6.85. The van der Waals surface area contributed by atoms with Crippen molar-refractivity contribution in [2.75, 3.05) is 6.54 Å². The fraction of sp³-hybridized carbons (Fsp3) is 0.567. The second-order valence-electron chi connectivity index (χ2n) is 10.1. The number of carbonyl (C=O) groups is 1. The summed E-state index contributed by atoms with van der Waals surface area (Å²) in [6.07, 6.45) is 7.58. The lowest BCUT2D eigenvalue weighted by atomic mass is 9.95. The SMILES string of the molecule is CCCCC[C@H](O)C[C@@H](CCc1ccc(O)c(O[C@@H]2CCN[C@H](Cc3ccccc3)C2)c1)OC(C)=O. The fourth-order valence-electron chi connectivity index (χ4n) is 4.95. The van der Waals surface area contributed by atoms with Gasteiger partial charge in [-0.1, -0.05) is 62.6 Å². The summed E-state index contributed by atoms with van der Waals surface area (Å²) < 4.78 is 11.8. The summed E-state index contributed by atoms with van der Waals surface area (Å²) >= 11 is 0. The Kier molecular flexibility index (Phi) is 11.6. The third kappa shape index (κ3) is 9.82. The van der Waals surface area contributed by atoms with Crippen molar-refractivity contribution in [3.8, 4) is 11.5 Å². The number of phenols is 1. The molecule has 1 fully saturated rings. The van der Waals surface area contributed by atoms with Gasteiger partial charge in [0.25, 0.3) is 0 Å². The van der Waals surface area contributed by atoms with Crippen molar-refractivity contribution in [2.24, 2.45) is 0 Å². The highest BCUT2D eigenvalue weighted by atomic mass is 16.5. The minimum absolute atomic E-state index is 0.0353. The summed E-state index contributed by atoms with van der Waals surface area (Å²) in [6.45, 7) is 4.43. The molecule has 0 unspecified atom stereocenters. The van der Waals surface area contributed by atoms with Gasteiger partial charge in [-0.25, -0.2) is 0 Å². The standard InChI is InChI=1S/C30H43NO5/c1-3-4-6-11-26(33)21-27(35-22(2)32)14-12-24-13-15-29(34)30(19-24)36-28-16-17-31-25(20-28)18-23-9-7-5-8-10-23/h5,7-10,13,15,19,25-28,31,33-34H,3-4,6,11-12,14,16-18,20-21H2,1-2H3/t25-,26+,27-,28-/m1/s1. The molecule has 2 aromatic carbocycles. The molecule has 0 aliphatic carbocycles. The van der Waals surface area contributed by atoms with Crippen LogP contribution in [0.25, 0.3) is 0 Å². The zero-order valence-corrected chi connectivity index (χ0v) is 21.8. The van der Waals surface area contributed by atoms with Gasteiger partial charge < -0.3 is 25.0 Å². The van der Waals surface area contributed by atoms with Gasteiger partial charge in [-0.2, -0.15) is 0 Å². The quantitative estimate of drug-likeness (QED) is 0.242. The van der Waals surface area contributed by atoms with Gasteiger partial charge in [-0.05, 0) is 68.3 Å². The van der Waals surface area contributed by atoms with Gasteiger partial charge >= 0.3 is 5.97 Å². The van der Waals surface area contributed by atoms with E-state index in [0.717, 1.165) is 57.1 Å². The van der Waals surface area contributed by atoms with Gasteiger partial charge in [0.15, 0.2) is 11.5 Å². The molecule has 6 heteroatoms. The number of carbonyl (C=O) groups excluding carboxylic acids is 1. The molecular weight excluding hydrogens is 454 g/mol. The van der Waals surface area contributed by atoms with E-state index in [1.165, 1.54) is 12.5 Å². The minimum Gasteiger partial charge on any atom is -0.504 e. The monoisotopic (exact) mass is 497 g/mol. The van der Waals surface area contributed by atoms with Crippen LogP contribution in [0, 0.1) is 0 Å². The highest BCUT2D eigenvalue weighted by molar-refractivity contribution is 5.66. The molecule has 2 aromatic rings. The van der Waals surface area contributed by atoms with Gasteiger partial charge in [-0.3, -0.25) is 4.79 Å². The van der Waals surface area contributed by atoms with E-state index in [9.17, 15) is 15.0 Å². The smallest absolute Gasteiger partial charge is 0.302 e. The Morgan fingerprint density at radius 1 is 1.11 bits per heavy atom. The van der Waals surface area contributed by atoms with Crippen molar-refractivity contribution in [3.63, 3.8) is 0 Å². The number of phenolic OH excluding ortho intramolecular Hbond substituents is 1. The summed E-state index contributed by atoms with van der Waals surface area (Å²) in [5.41, 5.74) is 2.31. The largest absolute Gasteiger partial charge is 0.504 e. The number of hydrogen-bond donors (Lipinski definition) is 3. The number of piperidine rings is 1. The Morgan fingerprint density at radius 2 is 1.92 bits per heavy atom. The topological polar surface area (TPSA) is 88.0 Å². The number of aromatic hydroxyl groups is 1. The number of rotatable bonds is 14. The van der Waals surface area contributed by atoms with Crippen molar-refractivity contribution in [3.05, 3.63) is 59.7 Å². The Hall–Kier alpha value is -2.57. The summed E-state index contributed by atoms with van der Waals surface area (Å²) in [5, 5.41) is 24.4. The number of benzene rings is 2. The van der Waals surface area contributed by atoms with Crippen LogP contribution >= 0.6 is 0 Å². The molecule has 1 aliphatic rings. The van der Waals surface area contributed by atoms with E-state index < -0.39 is 6.10 Å². The molecule has 198 valence electrons. The van der Waals surface area contributed by atoms with Crippen molar-refractivity contribution in [1.82, 2.24) is 5.32 Å². The Morgan fingerprint density at radius 3 is 2.67 bits per heavy atom. The molecule has 3 N–H and O–H groups in total. The fourth-order valence-corrected chi connectivity index (χ4v) is 4.95. The lowest BCUT2D eigenvalue weighted by Gasteiger charge is -2.31. The van der Waals surface area contributed by atoms with Crippen molar-refractivity contribution in [2.45, 2.75) is 102 Å². The summed E-state index contributed by atoms with van der Waals surface area (Å²) in [4.78, 5) is 11.6. The third-order valence-corrected chi connectivity index (χ3v) is 6.85. The summed E-state index contributed by atoms with van der Waals surface area (Å²) in [5.74, 6) is 0.313. The molecular formula is C30H43NO5. The van der Waals surface area contributed by atoms with Gasteiger partial charge in [0.2, 0.25) is 0 Å². The Bertz CT molecular complexity index is 919. The van der Waals surface area contributed by atoms with Gasteiger partial charge in [0.1, 0.15) is 12.2 Å². The highest BCUT2D eigenvalue weighted by Crippen LogP contribution is 2.31. The maximum Gasteiger partial charge on any atom is 0.302 e. The lowest BCUT2D eigenvalue weighted by Crippen LogP contribution is -2.43. The second kappa shape index (κ2) is 14.9. The van der Waals surface area contributed by atoms with E-state index >= 15 is 0 Å².